The van der Waals surface area contributed by atoms with Crippen molar-refractivity contribution in [3.8, 4) is 11.1 Å². The fourth-order valence-corrected chi connectivity index (χ4v) is 4.49. The van der Waals surface area contributed by atoms with Crippen LogP contribution < -0.4 is 15.1 Å². The summed E-state index contributed by atoms with van der Waals surface area (Å²) in [5, 5.41) is 2.99. The van der Waals surface area contributed by atoms with Gasteiger partial charge >= 0.3 is 0 Å². The zero-order valence-corrected chi connectivity index (χ0v) is 20.5. The summed E-state index contributed by atoms with van der Waals surface area (Å²) in [7, 11) is 2.08. The molecule has 1 N–H and O–H groups in total. The lowest BCUT2D eigenvalue weighted by atomic mass is 10.0. The Morgan fingerprint density at radius 2 is 1.86 bits per heavy atom. The lowest BCUT2D eigenvalue weighted by Crippen LogP contribution is -2.50. The number of hydrogen-bond donors (Lipinski definition) is 1. The number of rotatable bonds is 5. The maximum atomic E-state index is 15.5. The Morgan fingerprint density at radius 3 is 2.56 bits per heavy atom. The maximum Gasteiger partial charge on any atom is 0.257 e. The predicted molar refractivity (Wildman–Crippen MR) is 137 cm³/mol. The molecular weight excluding hydrogens is 461 g/mol. The number of carbonyl (C=O) groups excluding carboxylic acids is 1. The largest absolute Gasteiger partial charge is 0.378 e. The highest BCUT2D eigenvalue weighted by molar-refractivity contribution is 6.06. The number of ether oxygens (including phenoxy) is 1. The monoisotopic (exact) mass is 491 g/mol. The highest BCUT2D eigenvalue weighted by Crippen LogP contribution is 2.35. The van der Waals surface area contributed by atoms with Crippen LogP contribution in [0.15, 0.2) is 49.1 Å². The first-order chi connectivity index (χ1) is 17.5. The topological polar surface area (TPSA) is 86.7 Å². The summed E-state index contributed by atoms with van der Waals surface area (Å²) < 4.78 is 20.9. The normalized spacial score (nSPS) is 18.8. The molecule has 1 atom stereocenters. The van der Waals surface area contributed by atoms with E-state index in [-0.39, 0.29) is 5.91 Å². The lowest BCUT2D eigenvalue weighted by molar-refractivity contribution is 0.102. The van der Waals surface area contributed by atoms with Gasteiger partial charge in [0, 0.05) is 74.7 Å². The van der Waals surface area contributed by atoms with Gasteiger partial charge < -0.3 is 24.8 Å². The summed E-state index contributed by atoms with van der Waals surface area (Å²) in [4.78, 5) is 32.4. The number of benzene rings is 1. The molecule has 10 heteroatoms. The number of nitrogens with one attached hydrogen (secondary N) is 1. The van der Waals surface area contributed by atoms with Gasteiger partial charge in [0.05, 0.1) is 30.2 Å². The van der Waals surface area contributed by atoms with E-state index in [1.54, 1.807) is 36.8 Å². The minimum atomic E-state index is -0.390. The molecule has 0 bridgehead atoms. The quantitative estimate of drug-likeness (QED) is 0.583. The van der Waals surface area contributed by atoms with Crippen LogP contribution in [0.2, 0.25) is 0 Å². The minimum Gasteiger partial charge on any atom is -0.378 e. The number of nitrogens with zero attached hydrogens (tertiary/aromatic N) is 6. The van der Waals surface area contributed by atoms with Gasteiger partial charge in [0.2, 0.25) is 5.95 Å². The van der Waals surface area contributed by atoms with Crippen LogP contribution in [0.1, 0.15) is 17.3 Å². The summed E-state index contributed by atoms with van der Waals surface area (Å²) in [5.41, 5.74) is 2.49. The van der Waals surface area contributed by atoms with Crippen molar-refractivity contribution in [1.29, 1.82) is 0 Å². The van der Waals surface area contributed by atoms with Crippen molar-refractivity contribution in [2.75, 3.05) is 68.1 Å². The number of hydrogen-bond acceptors (Lipinski definition) is 8. The van der Waals surface area contributed by atoms with Gasteiger partial charge in [-0.3, -0.25) is 9.78 Å². The van der Waals surface area contributed by atoms with Crippen molar-refractivity contribution in [1.82, 2.24) is 19.9 Å². The molecule has 9 nitrogen and oxygen atoms in total. The minimum absolute atomic E-state index is 0.296. The van der Waals surface area contributed by atoms with Crippen LogP contribution in [0.5, 0.6) is 0 Å². The van der Waals surface area contributed by atoms with Crippen LogP contribution in [0.4, 0.5) is 21.7 Å². The van der Waals surface area contributed by atoms with E-state index in [0.29, 0.717) is 53.3 Å². The molecule has 0 aliphatic carbocycles. The zero-order valence-electron chi connectivity index (χ0n) is 20.5. The first-order valence-electron chi connectivity index (χ1n) is 12.1. The summed E-state index contributed by atoms with van der Waals surface area (Å²) >= 11 is 0. The molecule has 0 spiro atoms. The van der Waals surface area contributed by atoms with E-state index >= 15 is 4.39 Å². The van der Waals surface area contributed by atoms with Gasteiger partial charge in [-0.2, -0.15) is 0 Å². The summed E-state index contributed by atoms with van der Waals surface area (Å²) in [6.07, 6.45) is 6.38. The van der Waals surface area contributed by atoms with E-state index in [9.17, 15) is 4.79 Å². The van der Waals surface area contributed by atoms with E-state index in [0.717, 1.165) is 32.7 Å². The summed E-state index contributed by atoms with van der Waals surface area (Å²) in [6, 6.07) is 6.88. The van der Waals surface area contributed by atoms with Gasteiger partial charge in [-0.1, -0.05) is 0 Å². The zero-order chi connectivity index (χ0) is 25.1. The number of likely N-dealkylation sites (N-methyl/N-ethyl adjacent to an activating group) is 1. The number of amides is 1. The van der Waals surface area contributed by atoms with Gasteiger partial charge in [-0.25, -0.2) is 14.4 Å². The fraction of sp³-hybridized carbons (Fsp3) is 0.385. The van der Waals surface area contributed by atoms with Crippen LogP contribution in [0.3, 0.4) is 0 Å². The lowest BCUT2D eigenvalue weighted by Gasteiger charge is -2.39. The van der Waals surface area contributed by atoms with E-state index in [2.05, 4.69) is 44.0 Å². The maximum absolute atomic E-state index is 15.5. The predicted octanol–water partition coefficient (Wildman–Crippen LogP) is 2.91. The van der Waals surface area contributed by atoms with Gasteiger partial charge in [0.1, 0.15) is 5.82 Å². The molecule has 1 aromatic carbocycles. The molecule has 4 heterocycles. The van der Waals surface area contributed by atoms with Gasteiger partial charge in [0.25, 0.3) is 5.91 Å². The first kappa shape index (κ1) is 24.1. The molecule has 0 saturated carbocycles. The Labute approximate surface area is 209 Å². The summed E-state index contributed by atoms with van der Waals surface area (Å²) in [5.74, 6) is -0.0997. The van der Waals surface area contributed by atoms with Gasteiger partial charge in [0.15, 0.2) is 0 Å². The van der Waals surface area contributed by atoms with Crippen molar-refractivity contribution in [2.45, 2.75) is 13.0 Å². The second-order valence-corrected chi connectivity index (χ2v) is 9.19. The highest BCUT2D eigenvalue weighted by Gasteiger charge is 2.25. The van der Waals surface area contributed by atoms with E-state index in [1.807, 2.05) is 4.90 Å². The van der Waals surface area contributed by atoms with Crippen LogP contribution >= 0.6 is 0 Å². The number of carbonyl (C=O) groups is 1. The molecule has 1 unspecified atom stereocenters. The third kappa shape index (κ3) is 5.14. The van der Waals surface area contributed by atoms with Crippen LogP contribution in [-0.4, -0.2) is 84.8 Å². The molecule has 0 radical (unpaired) electrons. The molecule has 2 aliphatic rings. The summed E-state index contributed by atoms with van der Waals surface area (Å²) in [6.45, 7) is 7.13. The molecule has 36 heavy (non-hydrogen) atoms. The second kappa shape index (κ2) is 10.5. The molecule has 1 amide bonds. The number of pyridine rings is 1. The number of piperazine rings is 1. The molecule has 188 valence electrons. The van der Waals surface area contributed by atoms with Crippen LogP contribution in [0, 0.1) is 5.82 Å². The van der Waals surface area contributed by atoms with E-state index in [1.165, 1.54) is 12.3 Å². The number of anilines is 3. The number of halogens is 1. The Kier molecular flexibility index (Phi) is 7.06. The van der Waals surface area contributed by atoms with Crippen LogP contribution in [0.25, 0.3) is 11.1 Å². The Balaban J connectivity index is 1.48. The van der Waals surface area contributed by atoms with Crippen molar-refractivity contribution >= 4 is 23.2 Å². The average Bonchev–Trinajstić information content (AvgIpc) is 2.92. The van der Waals surface area contributed by atoms with E-state index < -0.39 is 5.82 Å². The number of morpholine rings is 1. The van der Waals surface area contributed by atoms with E-state index in [4.69, 9.17) is 4.74 Å². The Morgan fingerprint density at radius 1 is 1.08 bits per heavy atom. The first-order valence-corrected chi connectivity index (χ1v) is 12.1. The molecule has 2 fully saturated rings. The molecular formula is C26H30FN7O2. The van der Waals surface area contributed by atoms with Crippen molar-refractivity contribution in [3.05, 3.63) is 60.4 Å². The fourth-order valence-electron chi connectivity index (χ4n) is 4.49. The van der Waals surface area contributed by atoms with Crippen molar-refractivity contribution in [2.24, 2.45) is 0 Å². The Bertz CT molecular complexity index is 1200. The molecule has 2 aliphatic heterocycles. The molecule has 2 aromatic heterocycles. The third-order valence-electron chi connectivity index (χ3n) is 6.80. The molecule has 5 rings (SSSR count). The third-order valence-corrected chi connectivity index (χ3v) is 6.80. The number of aromatic nitrogens is 3. The SMILES string of the molecule is CC1CN(c2cc(F)c(-c3cnc(N4CCOCC4)nc3)cc2NC(=O)c2cccnc2)CCN1C. The standard InChI is InChI=1S/C26H30FN7O2/c1-18-17-34(7-6-32(18)2)24-13-22(27)21(12-23(24)31-25(35)19-4-3-5-28-14-19)20-15-29-26(30-16-20)33-8-10-36-11-9-33/h3-5,12-16,18H,6-11,17H2,1-2H3,(H,31,35). The average molecular weight is 492 g/mol. The highest BCUT2D eigenvalue weighted by atomic mass is 19.1. The van der Waals surface area contributed by atoms with Gasteiger partial charge in [-0.05, 0) is 38.2 Å². The van der Waals surface area contributed by atoms with Crippen molar-refractivity contribution in [3.63, 3.8) is 0 Å². The Hall–Kier alpha value is -3.63. The smallest absolute Gasteiger partial charge is 0.257 e. The van der Waals surface area contributed by atoms with Crippen LogP contribution in [-0.2, 0) is 4.74 Å². The van der Waals surface area contributed by atoms with Gasteiger partial charge in [-0.15, -0.1) is 0 Å². The van der Waals surface area contributed by atoms with Crippen molar-refractivity contribution < 1.29 is 13.9 Å². The second-order valence-electron chi connectivity index (χ2n) is 9.19. The molecule has 2 saturated heterocycles. The molecule has 3 aromatic rings.